The first-order valence-corrected chi connectivity index (χ1v) is 3.51. The largest absolute Gasteiger partial charge is 0.454 e. The summed E-state index contributed by atoms with van der Waals surface area (Å²) in [6.07, 6.45) is -5.94. The Morgan fingerprint density at radius 1 is 1.17 bits per heavy atom. The van der Waals surface area contributed by atoms with Gasteiger partial charge >= 0.3 is 5.97 Å². The van der Waals surface area contributed by atoms with E-state index in [9.17, 15) is 4.79 Å². The number of carbonyl (C=O) groups is 1. The van der Waals surface area contributed by atoms with Crippen molar-refractivity contribution in [1.82, 2.24) is 0 Å². The highest BCUT2D eigenvalue weighted by Gasteiger charge is 2.56. The zero-order valence-corrected chi connectivity index (χ0v) is 5.95. The van der Waals surface area contributed by atoms with Crippen LogP contribution in [-0.4, -0.2) is 52.0 Å². The average molecular weight is 178 g/mol. The molecule has 2 aliphatic rings. The molecule has 0 aliphatic carbocycles. The van der Waals surface area contributed by atoms with Crippen molar-refractivity contribution in [2.75, 3.05) is 0 Å². The van der Waals surface area contributed by atoms with Gasteiger partial charge < -0.3 is 24.8 Å². The summed E-state index contributed by atoms with van der Waals surface area (Å²) in [5, 5.41) is 27.2. The summed E-state index contributed by atoms with van der Waals surface area (Å²) in [4.78, 5) is 10.7. The maximum atomic E-state index is 10.7. The van der Waals surface area contributed by atoms with Crippen LogP contribution in [0.1, 0.15) is 0 Å². The number of esters is 1. The summed E-state index contributed by atoms with van der Waals surface area (Å²) >= 11 is 0. The molecule has 6 heteroatoms. The van der Waals surface area contributed by atoms with Gasteiger partial charge in [-0.3, -0.25) is 0 Å². The molecule has 0 radical (unpaired) electrons. The van der Waals surface area contributed by atoms with E-state index < -0.39 is 36.7 Å². The first-order valence-electron chi connectivity index (χ1n) is 3.51. The van der Waals surface area contributed by atoms with Crippen LogP contribution in [0.15, 0.2) is 0 Å². The predicted molar refractivity (Wildman–Crippen MR) is 32.8 cm³/mol. The zero-order valence-electron chi connectivity index (χ0n) is 5.95. The molecule has 2 saturated heterocycles. The van der Waals surface area contributed by atoms with E-state index in [-0.39, 0.29) is 0 Å². The number of hydrogen-bond acceptors (Lipinski definition) is 6. The molecule has 0 aromatic rings. The van der Waals surface area contributed by atoms with E-state index in [1.165, 1.54) is 0 Å². The van der Waals surface area contributed by atoms with E-state index >= 15 is 0 Å². The molecule has 0 spiro atoms. The molecule has 2 fully saturated rings. The fourth-order valence-electron chi connectivity index (χ4n) is 1.40. The molecule has 0 aromatic carbocycles. The molecular weight excluding hydrogens is 170 g/mol. The van der Waals surface area contributed by atoms with Crippen molar-refractivity contribution >= 4 is 5.97 Å². The summed E-state index contributed by atoms with van der Waals surface area (Å²) in [7, 11) is 0. The van der Waals surface area contributed by atoms with Gasteiger partial charge in [0.1, 0.15) is 12.2 Å². The number of hydrogen-bond donors (Lipinski definition) is 3. The number of rotatable bonds is 0. The summed E-state index contributed by atoms with van der Waals surface area (Å²) < 4.78 is 9.25. The van der Waals surface area contributed by atoms with Crippen LogP contribution in [0, 0.1) is 0 Å². The van der Waals surface area contributed by atoms with Crippen LogP contribution in [0.3, 0.4) is 0 Å². The Kier molecular flexibility index (Phi) is 1.58. The third kappa shape index (κ3) is 0.862. The lowest BCUT2D eigenvalue weighted by atomic mass is 10.2. The molecule has 0 saturated carbocycles. The van der Waals surface area contributed by atoms with Crippen LogP contribution < -0.4 is 0 Å². The number of aliphatic hydroxyl groups excluding tert-OH is 3. The van der Waals surface area contributed by atoms with Gasteiger partial charge in [0.2, 0.25) is 0 Å². The monoisotopic (exact) mass is 178 g/mol. The number of aliphatic hydroxyl groups is 3. The topological polar surface area (TPSA) is 96.2 Å². The maximum absolute atomic E-state index is 10.7. The second-order valence-electron chi connectivity index (χ2n) is 2.83. The van der Waals surface area contributed by atoms with Gasteiger partial charge in [0, 0.05) is 0 Å². The van der Waals surface area contributed by atoms with Crippen LogP contribution in [0.2, 0.25) is 0 Å². The third-order valence-corrected chi connectivity index (χ3v) is 2.05. The first-order chi connectivity index (χ1) is 5.61. The van der Waals surface area contributed by atoms with E-state index in [0.717, 1.165) is 0 Å². The van der Waals surface area contributed by atoms with E-state index in [1.54, 1.807) is 0 Å². The Morgan fingerprint density at radius 2 is 1.83 bits per heavy atom. The molecular formula is C6H8O6. The van der Waals surface area contributed by atoms with Gasteiger partial charge in [0.05, 0.1) is 0 Å². The Hall–Kier alpha value is -0.690. The second kappa shape index (κ2) is 2.40. The van der Waals surface area contributed by atoms with Crippen molar-refractivity contribution in [3.63, 3.8) is 0 Å². The Morgan fingerprint density at radius 3 is 2.42 bits per heavy atom. The quantitative estimate of drug-likeness (QED) is 0.277. The number of ether oxygens (including phenoxy) is 2. The van der Waals surface area contributed by atoms with Gasteiger partial charge in [0.15, 0.2) is 18.5 Å². The molecule has 2 aliphatic heterocycles. The van der Waals surface area contributed by atoms with E-state index in [0.29, 0.717) is 0 Å². The van der Waals surface area contributed by atoms with Gasteiger partial charge in [-0.05, 0) is 0 Å². The summed E-state index contributed by atoms with van der Waals surface area (Å²) in [5.74, 6) is -0.823. The standard InChI is InChI=1S/C6H8O6/c7-1-3-4(12-5(1)9)2(8)6(10)11-3/h1-5,7-9H/t1-,2+,3-,4-,5?/m1/s1/i5+1,6+1. The predicted octanol–water partition coefficient (Wildman–Crippen LogP) is -2.65. The molecule has 1 unspecified atom stereocenters. The highest BCUT2D eigenvalue weighted by Crippen LogP contribution is 2.30. The third-order valence-electron chi connectivity index (χ3n) is 2.05. The molecule has 0 aromatic heterocycles. The van der Waals surface area contributed by atoms with Crippen molar-refractivity contribution in [2.45, 2.75) is 30.7 Å². The number of carbonyl (C=O) groups excluding carboxylic acids is 1. The molecule has 0 amide bonds. The number of fused-ring (bicyclic) bond motifs is 1. The first kappa shape index (κ1) is 7.93. The summed E-state index contributed by atoms with van der Waals surface area (Å²) in [6.45, 7) is 0. The van der Waals surface area contributed by atoms with Crippen LogP contribution in [0.4, 0.5) is 0 Å². The van der Waals surface area contributed by atoms with Crippen molar-refractivity contribution in [2.24, 2.45) is 0 Å². The second-order valence-corrected chi connectivity index (χ2v) is 2.83. The molecule has 2 rings (SSSR count). The maximum Gasteiger partial charge on any atom is 0.338 e. The molecule has 12 heavy (non-hydrogen) atoms. The van der Waals surface area contributed by atoms with Crippen LogP contribution in [0.5, 0.6) is 0 Å². The van der Waals surface area contributed by atoms with Gasteiger partial charge in [-0.15, -0.1) is 0 Å². The molecule has 3 N–H and O–H groups in total. The van der Waals surface area contributed by atoms with E-state index in [1.807, 2.05) is 0 Å². The Bertz CT molecular complexity index is 216. The van der Waals surface area contributed by atoms with Gasteiger partial charge in [-0.25, -0.2) is 4.79 Å². The van der Waals surface area contributed by atoms with Gasteiger partial charge in [0.25, 0.3) is 0 Å². The molecule has 5 atom stereocenters. The molecule has 0 bridgehead atoms. The normalized spacial score (nSPS) is 52.2. The molecule has 6 nitrogen and oxygen atoms in total. The van der Waals surface area contributed by atoms with Crippen LogP contribution >= 0.6 is 0 Å². The van der Waals surface area contributed by atoms with Gasteiger partial charge in [-0.1, -0.05) is 0 Å². The highest BCUT2D eigenvalue weighted by molar-refractivity contribution is 5.78. The smallest absolute Gasteiger partial charge is 0.338 e. The van der Waals surface area contributed by atoms with E-state index in [2.05, 4.69) is 9.47 Å². The van der Waals surface area contributed by atoms with Gasteiger partial charge in [-0.2, -0.15) is 0 Å². The highest BCUT2D eigenvalue weighted by atomic mass is 16.8. The summed E-state index contributed by atoms with van der Waals surface area (Å²) in [5.41, 5.74) is 0. The minimum absolute atomic E-state index is 0.823. The fraction of sp³-hybridized carbons (Fsp3) is 0.833. The van der Waals surface area contributed by atoms with Crippen LogP contribution in [-0.2, 0) is 14.3 Å². The fourth-order valence-corrected chi connectivity index (χ4v) is 1.40. The van der Waals surface area contributed by atoms with Crippen molar-refractivity contribution in [3.8, 4) is 0 Å². The Labute approximate surface area is 67.3 Å². The molecule has 2 heterocycles. The lowest BCUT2D eigenvalue weighted by Crippen LogP contribution is -2.32. The van der Waals surface area contributed by atoms with Crippen LogP contribution in [0.25, 0.3) is 0 Å². The van der Waals surface area contributed by atoms with Crippen molar-refractivity contribution < 1.29 is 29.6 Å². The zero-order chi connectivity index (χ0) is 8.88. The lowest BCUT2D eigenvalue weighted by Gasteiger charge is -2.10. The lowest BCUT2D eigenvalue weighted by molar-refractivity contribution is -0.168. The van der Waals surface area contributed by atoms with E-state index in [4.69, 9.17) is 15.3 Å². The average Bonchev–Trinajstić information content (AvgIpc) is 2.43. The molecule has 68 valence electrons. The summed E-state index contributed by atoms with van der Waals surface area (Å²) in [6, 6.07) is 0. The van der Waals surface area contributed by atoms with Crippen molar-refractivity contribution in [3.05, 3.63) is 0 Å². The minimum atomic E-state index is -1.40. The SMILES string of the molecule is O=[13C]1O[C@H]2[C@H](O[13CH](O)[C@@H]2O)[C@@H]1O. The van der Waals surface area contributed by atoms with Crippen molar-refractivity contribution in [1.29, 1.82) is 0 Å². The Balaban J connectivity index is 2.19. The minimum Gasteiger partial charge on any atom is -0.454 e.